The molecule has 1 aliphatic carbocycles. The van der Waals surface area contributed by atoms with Gasteiger partial charge in [-0.25, -0.2) is 4.98 Å². The minimum Gasteiger partial charge on any atom is -0.369 e. The molecular weight excluding hydrogens is 281 g/mol. The molecule has 1 saturated carbocycles. The summed E-state index contributed by atoms with van der Waals surface area (Å²) < 4.78 is 0. The van der Waals surface area contributed by atoms with E-state index in [1.165, 1.54) is 19.3 Å². The smallest absolute Gasteiger partial charge is 0.147 e. The number of nitrogens with zero attached hydrogens (tertiary/aromatic N) is 1. The first-order valence-electron chi connectivity index (χ1n) is 6.94. The van der Waals surface area contributed by atoms with Crippen molar-refractivity contribution < 1.29 is 0 Å². The van der Waals surface area contributed by atoms with Crippen LogP contribution in [0.1, 0.15) is 39.5 Å². The van der Waals surface area contributed by atoms with Crippen LogP contribution in [0.25, 0.3) is 0 Å². The zero-order chi connectivity index (χ0) is 13.9. The van der Waals surface area contributed by atoms with Crippen LogP contribution in [0, 0.1) is 5.41 Å². The molecule has 0 bridgehead atoms. The third kappa shape index (κ3) is 3.67. The van der Waals surface area contributed by atoms with Gasteiger partial charge in [0, 0.05) is 13.1 Å². The predicted octanol–water partition coefficient (Wildman–Crippen LogP) is 4.81. The Labute approximate surface area is 125 Å². The Kier molecular flexibility index (Phi) is 4.80. The van der Waals surface area contributed by atoms with Gasteiger partial charge in [0.25, 0.3) is 0 Å². The van der Waals surface area contributed by atoms with Crippen LogP contribution in [0.5, 0.6) is 0 Å². The second-order valence-corrected chi connectivity index (χ2v) is 6.10. The van der Waals surface area contributed by atoms with Gasteiger partial charge in [-0.15, -0.1) is 0 Å². The van der Waals surface area contributed by atoms with Crippen LogP contribution in [-0.2, 0) is 0 Å². The fraction of sp³-hybridized carbons (Fsp3) is 0.643. The molecule has 0 aromatic carbocycles. The summed E-state index contributed by atoms with van der Waals surface area (Å²) in [6.45, 7) is 6.13. The number of pyridine rings is 1. The van der Waals surface area contributed by atoms with Gasteiger partial charge < -0.3 is 10.6 Å². The average molecular weight is 302 g/mol. The Hall–Kier alpha value is -0.670. The molecule has 0 amide bonds. The number of anilines is 2. The summed E-state index contributed by atoms with van der Waals surface area (Å²) in [6, 6.07) is 1.75. The van der Waals surface area contributed by atoms with Gasteiger partial charge in [-0.1, -0.05) is 37.0 Å². The van der Waals surface area contributed by atoms with E-state index in [1.54, 1.807) is 6.07 Å². The normalized spacial score (nSPS) is 16.2. The molecule has 1 aromatic heterocycles. The summed E-state index contributed by atoms with van der Waals surface area (Å²) in [4.78, 5) is 4.49. The molecule has 19 heavy (non-hydrogen) atoms. The van der Waals surface area contributed by atoms with E-state index in [9.17, 15) is 0 Å². The van der Waals surface area contributed by atoms with Gasteiger partial charge in [0.1, 0.15) is 11.6 Å². The molecular formula is C14H21Cl2N3. The highest BCUT2D eigenvalue weighted by molar-refractivity contribution is 6.37. The third-order valence-electron chi connectivity index (χ3n) is 3.81. The van der Waals surface area contributed by atoms with Crippen molar-refractivity contribution in [1.82, 2.24) is 4.98 Å². The maximum atomic E-state index is 6.19. The molecule has 0 aliphatic heterocycles. The molecule has 5 heteroatoms. The largest absolute Gasteiger partial charge is 0.369 e. The Balaban J connectivity index is 2.06. The van der Waals surface area contributed by atoms with E-state index in [4.69, 9.17) is 23.2 Å². The fourth-order valence-corrected chi connectivity index (χ4v) is 2.55. The van der Waals surface area contributed by atoms with Crippen molar-refractivity contribution in [2.75, 3.05) is 23.7 Å². The van der Waals surface area contributed by atoms with Crippen LogP contribution in [0.4, 0.5) is 11.6 Å². The van der Waals surface area contributed by atoms with Gasteiger partial charge in [-0.05, 0) is 37.2 Å². The van der Waals surface area contributed by atoms with Gasteiger partial charge in [-0.2, -0.15) is 0 Å². The minimum absolute atomic E-state index is 0.460. The van der Waals surface area contributed by atoms with E-state index in [2.05, 4.69) is 29.5 Å². The fourth-order valence-electron chi connectivity index (χ4n) is 2.06. The van der Waals surface area contributed by atoms with Crippen molar-refractivity contribution in [3.63, 3.8) is 0 Å². The summed E-state index contributed by atoms with van der Waals surface area (Å²) in [5.74, 6) is 1.43. The Morgan fingerprint density at radius 2 is 1.79 bits per heavy atom. The van der Waals surface area contributed by atoms with Crippen LogP contribution in [0.3, 0.4) is 0 Å². The molecule has 0 spiro atoms. The van der Waals surface area contributed by atoms with E-state index >= 15 is 0 Å². The molecule has 0 atom stereocenters. The molecule has 2 N–H and O–H groups in total. The lowest BCUT2D eigenvalue weighted by Gasteiger charge is -2.16. The first-order valence-corrected chi connectivity index (χ1v) is 7.69. The van der Waals surface area contributed by atoms with E-state index in [0.29, 0.717) is 21.3 Å². The Morgan fingerprint density at radius 1 is 1.16 bits per heavy atom. The molecule has 106 valence electrons. The Bertz CT molecular complexity index is 445. The summed E-state index contributed by atoms with van der Waals surface area (Å²) in [7, 11) is 0. The number of nitrogens with one attached hydrogen (secondary N) is 2. The van der Waals surface area contributed by atoms with Crippen molar-refractivity contribution in [3.05, 3.63) is 16.1 Å². The summed E-state index contributed by atoms with van der Waals surface area (Å²) in [6.07, 6.45) is 4.82. The van der Waals surface area contributed by atoms with Gasteiger partial charge in [0.2, 0.25) is 0 Å². The molecule has 1 aliphatic rings. The Morgan fingerprint density at radius 3 is 2.32 bits per heavy atom. The highest BCUT2D eigenvalue weighted by atomic mass is 35.5. The van der Waals surface area contributed by atoms with Gasteiger partial charge in [0.05, 0.1) is 10.0 Å². The predicted molar refractivity (Wildman–Crippen MR) is 83.5 cm³/mol. The number of halogens is 2. The topological polar surface area (TPSA) is 37.0 Å². The molecule has 1 aromatic rings. The van der Waals surface area contributed by atoms with E-state index in [0.717, 1.165) is 25.3 Å². The van der Waals surface area contributed by atoms with Crippen LogP contribution < -0.4 is 10.6 Å². The number of hydrogen-bond donors (Lipinski definition) is 2. The van der Waals surface area contributed by atoms with Crippen LogP contribution >= 0.6 is 23.2 Å². The maximum absolute atomic E-state index is 6.19. The summed E-state index contributed by atoms with van der Waals surface area (Å²) >= 11 is 12.3. The number of hydrogen-bond acceptors (Lipinski definition) is 3. The van der Waals surface area contributed by atoms with Crippen molar-refractivity contribution >= 4 is 34.8 Å². The van der Waals surface area contributed by atoms with Gasteiger partial charge in [0.15, 0.2) is 0 Å². The molecule has 1 fully saturated rings. The van der Waals surface area contributed by atoms with Gasteiger partial charge in [-0.3, -0.25) is 0 Å². The van der Waals surface area contributed by atoms with Crippen LogP contribution in [-0.4, -0.2) is 18.1 Å². The zero-order valence-electron chi connectivity index (χ0n) is 11.5. The molecule has 0 radical (unpaired) electrons. The first kappa shape index (κ1) is 14.7. The lowest BCUT2D eigenvalue weighted by molar-refractivity contribution is 0.521. The zero-order valence-corrected chi connectivity index (χ0v) is 13.0. The van der Waals surface area contributed by atoms with Crippen LogP contribution in [0.2, 0.25) is 10.0 Å². The quantitative estimate of drug-likeness (QED) is 0.758. The van der Waals surface area contributed by atoms with Gasteiger partial charge >= 0.3 is 0 Å². The van der Waals surface area contributed by atoms with Crippen molar-refractivity contribution in [2.24, 2.45) is 5.41 Å². The van der Waals surface area contributed by atoms with E-state index in [-0.39, 0.29) is 0 Å². The molecule has 3 nitrogen and oxygen atoms in total. The first-order chi connectivity index (χ1) is 9.10. The highest BCUT2D eigenvalue weighted by Crippen LogP contribution is 2.48. The molecule has 0 unspecified atom stereocenters. The number of aromatic nitrogens is 1. The monoisotopic (exact) mass is 301 g/mol. The summed E-state index contributed by atoms with van der Waals surface area (Å²) in [5, 5.41) is 7.74. The molecule has 2 rings (SSSR count). The summed E-state index contributed by atoms with van der Waals surface area (Å²) in [5.41, 5.74) is 0.460. The lowest BCUT2D eigenvalue weighted by atomic mass is 10.0. The maximum Gasteiger partial charge on any atom is 0.147 e. The standard InChI is InChI=1S/C14H21Cl2N3/c1-3-7-17-12-10(15)8-11(16)13(19-12)18-9-14(4-2)5-6-14/h8H,3-7,9H2,1-2H3,(H2,17,18,19). The third-order valence-corrected chi connectivity index (χ3v) is 4.39. The average Bonchev–Trinajstić information content (AvgIpc) is 3.17. The van der Waals surface area contributed by atoms with E-state index in [1.807, 2.05) is 0 Å². The molecule has 1 heterocycles. The van der Waals surface area contributed by atoms with Crippen molar-refractivity contribution in [1.29, 1.82) is 0 Å². The second-order valence-electron chi connectivity index (χ2n) is 5.28. The lowest BCUT2D eigenvalue weighted by Crippen LogP contribution is -2.16. The van der Waals surface area contributed by atoms with Crippen LogP contribution in [0.15, 0.2) is 6.07 Å². The second kappa shape index (κ2) is 6.19. The molecule has 0 saturated heterocycles. The number of rotatable bonds is 7. The van der Waals surface area contributed by atoms with Crippen molar-refractivity contribution in [3.8, 4) is 0 Å². The highest BCUT2D eigenvalue weighted by Gasteiger charge is 2.40. The minimum atomic E-state index is 0.460. The van der Waals surface area contributed by atoms with E-state index < -0.39 is 0 Å². The van der Waals surface area contributed by atoms with Crippen molar-refractivity contribution in [2.45, 2.75) is 39.5 Å². The SMILES string of the molecule is CCCNc1nc(NCC2(CC)CC2)c(Cl)cc1Cl.